The van der Waals surface area contributed by atoms with Crippen LogP contribution >= 0.6 is 0 Å². The van der Waals surface area contributed by atoms with Gasteiger partial charge in [0.2, 0.25) is 0 Å². The highest BCUT2D eigenvalue weighted by Crippen LogP contribution is 2.37. The number of Topliss-reactive ketones (excluding diaryl/α,β-unsaturated/α-hetero) is 1. The van der Waals surface area contributed by atoms with Crippen molar-refractivity contribution in [3.63, 3.8) is 0 Å². The summed E-state index contributed by atoms with van der Waals surface area (Å²) in [6.45, 7) is 1.97. The van der Waals surface area contributed by atoms with Crippen LogP contribution < -0.4 is 5.73 Å². The molecule has 0 amide bonds. The van der Waals surface area contributed by atoms with Gasteiger partial charge < -0.3 is 10.8 Å². The van der Waals surface area contributed by atoms with Crippen LogP contribution in [0, 0.1) is 17.6 Å². The second-order valence-corrected chi connectivity index (χ2v) is 8.48. The Morgan fingerprint density at radius 2 is 1.84 bits per heavy atom. The first-order chi connectivity index (χ1) is 15.3. The molecular weight excluding hydrogens is 412 g/mol. The summed E-state index contributed by atoms with van der Waals surface area (Å²) in [5.74, 6) is -1.58. The number of hydrogen-bond acceptors (Lipinski definition) is 5. The number of nitrogens with two attached hydrogens (primary N) is 1. The Morgan fingerprint density at radius 1 is 1.12 bits per heavy atom. The van der Waals surface area contributed by atoms with Gasteiger partial charge in [0.15, 0.2) is 5.78 Å². The molecule has 4 rings (SSSR count). The van der Waals surface area contributed by atoms with Gasteiger partial charge in [0.05, 0.1) is 17.4 Å². The third-order valence-electron chi connectivity index (χ3n) is 6.22. The van der Waals surface area contributed by atoms with Crippen molar-refractivity contribution < 1.29 is 18.7 Å². The monoisotopic (exact) mass is 437 g/mol. The standard InChI is InChI=1S/C25H25F2N3O2/c1-14-10-15(11-20(28)25(14)32)17-8-9-29-13-16(17)12-23(31)21-6-3-7-22(30-21)24-18(26)4-2-5-19(24)27/h2-9,13-15,20,25,32H,10-12,28H2,1H3/t14-,15+,20+,25+/m0/s1. The predicted octanol–water partition coefficient (Wildman–Crippen LogP) is 4.05. The summed E-state index contributed by atoms with van der Waals surface area (Å²) >= 11 is 0. The molecule has 1 saturated carbocycles. The molecule has 3 aromatic rings. The van der Waals surface area contributed by atoms with Crippen molar-refractivity contribution >= 4 is 5.78 Å². The zero-order chi connectivity index (χ0) is 22.8. The lowest BCUT2D eigenvalue weighted by molar-refractivity contribution is 0.0519. The molecule has 1 aromatic carbocycles. The van der Waals surface area contributed by atoms with Gasteiger partial charge in [-0.15, -0.1) is 0 Å². The molecule has 2 heterocycles. The van der Waals surface area contributed by atoms with E-state index in [0.717, 1.165) is 29.7 Å². The lowest BCUT2D eigenvalue weighted by atomic mass is 9.74. The van der Waals surface area contributed by atoms with E-state index in [2.05, 4.69) is 9.97 Å². The quantitative estimate of drug-likeness (QED) is 0.588. The molecule has 0 bridgehead atoms. The number of ketones is 1. The number of carbonyl (C=O) groups is 1. The van der Waals surface area contributed by atoms with Gasteiger partial charge >= 0.3 is 0 Å². The predicted molar refractivity (Wildman–Crippen MR) is 117 cm³/mol. The van der Waals surface area contributed by atoms with Gasteiger partial charge in [-0.2, -0.15) is 0 Å². The fraction of sp³-hybridized carbons (Fsp3) is 0.320. The highest BCUT2D eigenvalue weighted by Gasteiger charge is 2.34. The van der Waals surface area contributed by atoms with Crippen LogP contribution in [-0.2, 0) is 6.42 Å². The summed E-state index contributed by atoms with van der Waals surface area (Å²) in [6, 6.07) is 9.74. The van der Waals surface area contributed by atoms with Gasteiger partial charge in [-0.1, -0.05) is 19.1 Å². The minimum Gasteiger partial charge on any atom is -0.391 e. The largest absolute Gasteiger partial charge is 0.391 e. The normalized spacial score (nSPS) is 23.2. The Hall–Kier alpha value is -3.03. The molecule has 32 heavy (non-hydrogen) atoms. The van der Waals surface area contributed by atoms with Crippen molar-refractivity contribution in [2.24, 2.45) is 11.7 Å². The molecule has 4 atom stereocenters. The molecule has 0 radical (unpaired) electrons. The fourth-order valence-corrected chi connectivity index (χ4v) is 4.55. The lowest BCUT2D eigenvalue weighted by Crippen LogP contribution is -2.44. The average Bonchev–Trinajstić information content (AvgIpc) is 2.77. The number of halogens is 2. The Morgan fingerprint density at radius 3 is 2.56 bits per heavy atom. The Kier molecular flexibility index (Phi) is 6.39. The molecule has 166 valence electrons. The molecule has 1 aliphatic rings. The number of aliphatic hydroxyl groups is 1. The van der Waals surface area contributed by atoms with Crippen LogP contribution in [0.3, 0.4) is 0 Å². The van der Waals surface area contributed by atoms with E-state index in [-0.39, 0.29) is 47.0 Å². The van der Waals surface area contributed by atoms with Crippen LogP contribution in [-0.4, -0.2) is 33.0 Å². The average molecular weight is 437 g/mol. The number of rotatable bonds is 5. The summed E-state index contributed by atoms with van der Waals surface area (Å²) in [5, 5.41) is 10.2. The molecule has 0 aliphatic heterocycles. The van der Waals surface area contributed by atoms with E-state index in [1.165, 1.54) is 18.2 Å². The van der Waals surface area contributed by atoms with Gasteiger partial charge in [0.25, 0.3) is 0 Å². The maximum atomic E-state index is 14.2. The molecule has 1 fully saturated rings. The highest BCUT2D eigenvalue weighted by molar-refractivity contribution is 5.96. The van der Waals surface area contributed by atoms with Crippen LogP contribution in [0.2, 0.25) is 0 Å². The Balaban J connectivity index is 1.60. The number of nitrogens with zero attached hydrogens (tertiary/aromatic N) is 2. The fourth-order valence-electron chi connectivity index (χ4n) is 4.55. The van der Waals surface area contributed by atoms with E-state index >= 15 is 0 Å². The SMILES string of the molecule is C[C@H]1C[C@@H](c2ccncc2CC(=O)c2cccc(-c3c(F)cccc3F)n2)C[C@@H](N)[C@@H]1O. The number of aliphatic hydroxyl groups excluding tert-OH is 1. The Labute approximate surface area is 185 Å². The van der Waals surface area contributed by atoms with Gasteiger partial charge in [-0.25, -0.2) is 13.8 Å². The highest BCUT2D eigenvalue weighted by atomic mass is 19.1. The zero-order valence-electron chi connectivity index (χ0n) is 17.7. The number of aromatic nitrogens is 2. The molecule has 3 N–H and O–H groups in total. The number of benzene rings is 1. The maximum Gasteiger partial charge on any atom is 0.185 e. The maximum absolute atomic E-state index is 14.2. The first-order valence-electron chi connectivity index (χ1n) is 10.7. The van der Waals surface area contributed by atoms with E-state index < -0.39 is 17.7 Å². The molecule has 0 unspecified atom stereocenters. The summed E-state index contributed by atoms with van der Waals surface area (Å²) in [5.41, 5.74) is 7.82. The van der Waals surface area contributed by atoms with Crippen molar-refractivity contribution in [3.8, 4) is 11.3 Å². The lowest BCUT2D eigenvalue weighted by Gasteiger charge is -2.36. The zero-order valence-corrected chi connectivity index (χ0v) is 17.7. The van der Waals surface area contributed by atoms with E-state index in [1.54, 1.807) is 18.5 Å². The molecule has 0 spiro atoms. The molecular formula is C25H25F2N3O2. The van der Waals surface area contributed by atoms with E-state index in [0.29, 0.717) is 6.42 Å². The Bertz CT molecular complexity index is 1110. The summed E-state index contributed by atoms with van der Waals surface area (Å²) in [7, 11) is 0. The van der Waals surface area contributed by atoms with E-state index in [1.807, 2.05) is 13.0 Å². The third-order valence-corrected chi connectivity index (χ3v) is 6.22. The molecule has 7 heteroatoms. The summed E-state index contributed by atoms with van der Waals surface area (Å²) in [4.78, 5) is 21.5. The molecule has 2 aromatic heterocycles. The minimum absolute atomic E-state index is 0.0504. The van der Waals surface area contributed by atoms with E-state index in [9.17, 15) is 18.7 Å². The molecule has 0 saturated heterocycles. The minimum atomic E-state index is -0.735. The number of pyridine rings is 2. The van der Waals surface area contributed by atoms with Crippen molar-refractivity contribution in [2.75, 3.05) is 0 Å². The van der Waals surface area contributed by atoms with Crippen molar-refractivity contribution in [2.45, 2.75) is 44.2 Å². The second-order valence-electron chi connectivity index (χ2n) is 8.48. The van der Waals surface area contributed by atoms with Crippen LogP contribution in [0.25, 0.3) is 11.3 Å². The number of hydrogen-bond donors (Lipinski definition) is 2. The van der Waals surface area contributed by atoms with Gasteiger partial charge in [0.1, 0.15) is 17.3 Å². The molecule has 1 aliphatic carbocycles. The molecule has 5 nitrogen and oxygen atoms in total. The smallest absolute Gasteiger partial charge is 0.185 e. The third kappa shape index (κ3) is 4.45. The first-order valence-corrected chi connectivity index (χ1v) is 10.7. The van der Waals surface area contributed by atoms with Crippen LogP contribution in [0.1, 0.15) is 47.3 Å². The van der Waals surface area contributed by atoms with Crippen molar-refractivity contribution in [1.29, 1.82) is 0 Å². The van der Waals surface area contributed by atoms with E-state index in [4.69, 9.17) is 5.73 Å². The van der Waals surface area contributed by atoms with Crippen molar-refractivity contribution in [1.82, 2.24) is 9.97 Å². The van der Waals surface area contributed by atoms with Gasteiger partial charge in [0, 0.05) is 24.9 Å². The van der Waals surface area contributed by atoms with Crippen LogP contribution in [0.5, 0.6) is 0 Å². The topological polar surface area (TPSA) is 89.1 Å². The van der Waals surface area contributed by atoms with Crippen LogP contribution in [0.4, 0.5) is 8.78 Å². The first kappa shape index (κ1) is 22.2. The van der Waals surface area contributed by atoms with Gasteiger partial charge in [-0.3, -0.25) is 9.78 Å². The second kappa shape index (κ2) is 9.22. The number of carbonyl (C=O) groups excluding carboxylic acids is 1. The van der Waals surface area contributed by atoms with Crippen LogP contribution in [0.15, 0.2) is 54.9 Å². The summed E-state index contributed by atoms with van der Waals surface area (Å²) in [6.07, 6.45) is 4.25. The van der Waals surface area contributed by atoms with Crippen molar-refractivity contribution in [3.05, 3.63) is 83.3 Å². The van der Waals surface area contributed by atoms with Gasteiger partial charge in [-0.05, 0) is 66.1 Å². The summed E-state index contributed by atoms with van der Waals surface area (Å²) < 4.78 is 28.3.